The number of carbonyl (C=O) groups excluding carboxylic acids is 1. The van der Waals surface area contributed by atoms with Gasteiger partial charge in [0.1, 0.15) is 5.82 Å². The molecule has 1 amide bonds. The molecular weight excluding hydrogens is 331 g/mol. The summed E-state index contributed by atoms with van der Waals surface area (Å²) in [7, 11) is 0. The molecule has 4 rings (SSSR count). The summed E-state index contributed by atoms with van der Waals surface area (Å²) in [5.41, 5.74) is 3.11. The number of aryl methyl sites for hydroxylation is 2. The van der Waals surface area contributed by atoms with E-state index in [1.165, 1.54) is 24.3 Å². The van der Waals surface area contributed by atoms with Crippen LogP contribution in [0.5, 0.6) is 0 Å². The molecule has 0 saturated carbocycles. The van der Waals surface area contributed by atoms with Crippen LogP contribution < -0.4 is 5.32 Å². The molecule has 26 heavy (non-hydrogen) atoms. The highest BCUT2D eigenvalue weighted by Gasteiger charge is 2.16. The molecule has 4 aromatic rings. The zero-order chi connectivity index (χ0) is 18.3. The van der Waals surface area contributed by atoms with E-state index in [2.05, 4.69) is 16.5 Å². The van der Waals surface area contributed by atoms with E-state index in [-0.39, 0.29) is 11.7 Å². The van der Waals surface area contributed by atoms with Crippen LogP contribution in [0.25, 0.3) is 21.9 Å². The summed E-state index contributed by atoms with van der Waals surface area (Å²) in [6.45, 7) is 4.63. The Morgan fingerprint density at radius 3 is 2.65 bits per heavy atom. The average Bonchev–Trinajstić information content (AvgIpc) is 2.97. The van der Waals surface area contributed by atoms with Gasteiger partial charge in [-0.1, -0.05) is 11.6 Å². The van der Waals surface area contributed by atoms with Crippen LogP contribution in [0.1, 0.15) is 22.8 Å². The molecule has 0 fully saturated rings. The van der Waals surface area contributed by atoms with Crippen LogP contribution in [0.4, 0.5) is 10.2 Å². The van der Waals surface area contributed by atoms with Crippen molar-refractivity contribution >= 4 is 33.7 Å². The number of rotatable bonds is 3. The molecule has 2 aromatic carbocycles. The third-order valence-electron chi connectivity index (χ3n) is 4.31. The zero-order valence-electron chi connectivity index (χ0n) is 14.5. The predicted octanol–water partition coefficient (Wildman–Crippen LogP) is 4.30. The number of aromatic nitrogens is 3. The number of anilines is 1. The first-order valence-corrected chi connectivity index (χ1v) is 8.40. The molecule has 0 radical (unpaired) electrons. The van der Waals surface area contributed by atoms with Crippen LogP contribution in [0, 0.1) is 12.7 Å². The summed E-state index contributed by atoms with van der Waals surface area (Å²) >= 11 is 0. The fourth-order valence-electron chi connectivity index (χ4n) is 2.97. The summed E-state index contributed by atoms with van der Waals surface area (Å²) in [5, 5.41) is 9.08. The second-order valence-electron chi connectivity index (χ2n) is 6.18. The molecule has 0 unspecified atom stereocenters. The van der Waals surface area contributed by atoms with Gasteiger partial charge in [-0.15, -0.1) is 0 Å². The molecule has 0 bridgehead atoms. The van der Waals surface area contributed by atoms with E-state index in [1.807, 2.05) is 32.0 Å². The maximum atomic E-state index is 13.1. The van der Waals surface area contributed by atoms with E-state index >= 15 is 0 Å². The molecule has 130 valence electrons. The van der Waals surface area contributed by atoms with Gasteiger partial charge in [-0.25, -0.2) is 14.1 Å². The lowest BCUT2D eigenvalue weighted by molar-refractivity contribution is 0.102. The maximum absolute atomic E-state index is 13.1. The van der Waals surface area contributed by atoms with Crippen LogP contribution in [0.2, 0.25) is 0 Å². The predicted molar refractivity (Wildman–Crippen MR) is 99.8 cm³/mol. The molecule has 6 heteroatoms. The highest BCUT2D eigenvalue weighted by molar-refractivity contribution is 6.08. The molecule has 1 N–H and O–H groups in total. The summed E-state index contributed by atoms with van der Waals surface area (Å²) in [6.07, 6.45) is 0. The van der Waals surface area contributed by atoms with Gasteiger partial charge in [-0.2, -0.15) is 5.10 Å². The number of carbonyl (C=O) groups is 1. The average molecular weight is 348 g/mol. The van der Waals surface area contributed by atoms with Gasteiger partial charge in [0.2, 0.25) is 0 Å². The molecule has 0 aliphatic rings. The number of nitrogens with zero attached hydrogens (tertiary/aromatic N) is 3. The van der Waals surface area contributed by atoms with E-state index < -0.39 is 0 Å². The number of fused-ring (bicyclic) bond motifs is 2. The Bertz CT molecular complexity index is 1130. The van der Waals surface area contributed by atoms with Gasteiger partial charge in [0.05, 0.1) is 10.9 Å². The number of pyridine rings is 1. The lowest BCUT2D eigenvalue weighted by Gasteiger charge is -2.03. The van der Waals surface area contributed by atoms with Crippen molar-refractivity contribution in [2.24, 2.45) is 0 Å². The molecule has 0 atom stereocenters. The summed E-state index contributed by atoms with van der Waals surface area (Å²) < 4.78 is 14.8. The van der Waals surface area contributed by atoms with E-state index in [0.717, 1.165) is 27.5 Å². The lowest BCUT2D eigenvalue weighted by atomic mass is 10.1. The minimum atomic E-state index is -0.381. The molecular formula is C20H17FN4O. The van der Waals surface area contributed by atoms with Crippen molar-refractivity contribution in [2.75, 3.05) is 5.32 Å². The molecule has 2 heterocycles. The molecule has 0 saturated heterocycles. The Balaban J connectivity index is 1.81. The standard InChI is InChI=1S/C20H17FN4O/c1-3-25-19-16(11-14-10-12(2)4-9-17(14)22-19)18(24-25)23-20(26)13-5-7-15(21)8-6-13/h4-11H,3H2,1-2H3,(H,23,24,26). The Morgan fingerprint density at radius 2 is 1.92 bits per heavy atom. The van der Waals surface area contributed by atoms with Gasteiger partial charge in [0.15, 0.2) is 11.5 Å². The first-order chi connectivity index (χ1) is 12.5. The van der Waals surface area contributed by atoms with Crippen LogP contribution in [-0.2, 0) is 6.54 Å². The zero-order valence-corrected chi connectivity index (χ0v) is 14.5. The first kappa shape index (κ1) is 16.2. The molecule has 0 aliphatic carbocycles. The SMILES string of the molecule is CCn1nc(NC(=O)c2ccc(F)cc2)c2cc3cc(C)ccc3nc21. The second-order valence-corrected chi connectivity index (χ2v) is 6.18. The topological polar surface area (TPSA) is 59.8 Å². The van der Waals surface area contributed by atoms with Gasteiger partial charge < -0.3 is 5.32 Å². The third-order valence-corrected chi connectivity index (χ3v) is 4.31. The molecule has 0 aliphatic heterocycles. The summed E-state index contributed by atoms with van der Waals surface area (Å²) in [5.74, 6) is -0.266. The van der Waals surface area contributed by atoms with Crippen LogP contribution in [0.3, 0.4) is 0 Å². The number of amides is 1. The van der Waals surface area contributed by atoms with E-state index in [4.69, 9.17) is 4.98 Å². The van der Waals surface area contributed by atoms with E-state index in [9.17, 15) is 9.18 Å². The monoisotopic (exact) mass is 348 g/mol. The largest absolute Gasteiger partial charge is 0.305 e. The van der Waals surface area contributed by atoms with Crippen molar-refractivity contribution in [1.29, 1.82) is 0 Å². The Kier molecular flexibility index (Phi) is 3.88. The fourth-order valence-corrected chi connectivity index (χ4v) is 2.97. The van der Waals surface area contributed by atoms with E-state index in [1.54, 1.807) is 4.68 Å². The van der Waals surface area contributed by atoms with Gasteiger partial charge in [0, 0.05) is 17.5 Å². The normalized spacial score (nSPS) is 11.2. The number of benzene rings is 2. The smallest absolute Gasteiger partial charge is 0.256 e. The molecule has 0 spiro atoms. The van der Waals surface area contributed by atoms with Crippen LogP contribution in [-0.4, -0.2) is 20.7 Å². The minimum Gasteiger partial charge on any atom is -0.305 e. The Labute approximate surface area is 149 Å². The van der Waals surface area contributed by atoms with E-state index in [0.29, 0.717) is 17.9 Å². The fraction of sp³-hybridized carbons (Fsp3) is 0.150. The lowest BCUT2D eigenvalue weighted by Crippen LogP contribution is -2.12. The molecule has 5 nitrogen and oxygen atoms in total. The highest BCUT2D eigenvalue weighted by atomic mass is 19.1. The van der Waals surface area contributed by atoms with Crippen molar-refractivity contribution < 1.29 is 9.18 Å². The van der Waals surface area contributed by atoms with Gasteiger partial charge in [-0.05, 0) is 56.3 Å². The van der Waals surface area contributed by atoms with Crippen molar-refractivity contribution in [1.82, 2.24) is 14.8 Å². The molecule has 2 aromatic heterocycles. The number of halogens is 1. The highest BCUT2D eigenvalue weighted by Crippen LogP contribution is 2.27. The summed E-state index contributed by atoms with van der Waals surface area (Å²) in [6, 6.07) is 13.5. The van der Waals surface area contributed by atoms with Crippen LogP contribution >= 0.6 is 0 Å². The van der Waals surface area contributed by atoms with Crippen molar-refractivity contribution in [3.05, 3.63) is 65.5 Å². The van der Waals surface area contributed by atoms with Gasteiger partial charge >= 0.3 is 0 Å². The van der Waals surface area contributed by atoms with Crippen LogP contribution in [0.15, 0.2) is 48.5 Å². The van der Waals surface area contributed by atoms with Gasteiger partial charge in [0.25, 0.3) is 5.91 Å². The maximum Gasteiger partial charge on any atom is 0.256 e. The van der Waals surface area contributed by atoms with Gasteiger partial charge in [-0.3, -0.25) is 4.79 Å². The Morgan fingerprint density at radius 1 is 1.15 bits per heavy atom. The Hall–Kier alpha value is -3.28. The van der Waals surface area contributed by atoms with Crippen molar-refractivity contribution in [2.45, 2.75) is 20.4 Å². The summed E-state index contributed by atoms with van der Waals surface area (Å²) in [4.78, 5) is 17.2. The van der Waals surface area contributed by atoms with Crippen molar-refractivity contribution in [3.8, 4) is 0 Å². The van der Waals surface area contributed by atoms with Crippen molar-refractivity contribution in [3.63, 3.8) is 0 Å². The second kappa shape index (κ2) is 6.22. The number of nitrogens with one attached hydrogen (secondary N) is 1. The number of hydrogen-bond donors (Lipinski definition) is 1. The first-order valence-electron chi connectivity index (χ1n) is 8.40. The third kappa shape index (κ3) is 2.79. The minimum absolute atomic E-state index is 0.336. The quantitative estimate of drug-likeness (QED) is 0.600. The number of hydrogen-bond acceptors (Lipinski definition) is 3.